The summed E-state index contributed by atoms with van der Waals surface area (Å²) < 4.78 is 0. The van der Waals surface area contributed by atoms with E-state index in [4.69, 9.17) is 10.8 Å². The number of halogens is 1. The van der Waals surface area contributed by atoms with Gasteiger partial charge >= 0.3 is 5.97 Å². The Balaban J connectivity index is -0.000000241. The quantitative estimate of drug-likeness (QED) is 0.607. The summed E-state index contributed by atoms with van der Waals surface area (Å²) in [7, 11) is 3.44. The van der Waals surface area contributed by atoms with Gasteiger partial charge < -0.3 is 15.7 Å². The molecule has 0 aliphatic heterocycles. The average Bonchev–Trinajstić information content (AvgIpc) is 2.28. The molecule has 0 atom stereocenters. The molecule has 106 valence electrons. The van der Waals surface area contributed by atoms with Crippen molar-refractivity contribution in [3.8, 4) is 0 Å². The van der Waals surface area contributed by atoms with Crippen LogP contribution in [0.4, 0.5) is 0 Å². The Kier molecular flexibility index (Phi) is 16.4. The van der Waals surface area contributed by atoms with Crippen LogP contribution in [0.15, 0.2) is 23.9 Å². The van der Waals surface area contributed by atoms with E-state index in [1.54, 1.807) is 32.0 Å². The molecule has 0 saturated carbocycles. The van der Waals surface area contributed by atoms with Crippen LogP contribution in [0.25, 0.3) is 0 Å². The predicted octanol–water partition coefficient (Wildman–Crippen LogP) is 1.83. The van der Waals surface area contributed by atoms with Gasteiger partial charge in [-0.15, -0.1) is 11.6 Å². The van der Waals surface area contributed by atoms with Gasteiger partial charge in [-0.25, -0.2) is 4.79 Å². The summed E-state index contributed by atoms with van der Waals surface area (Å²) in [6.07, 6.45) is 3.90. The number of hydrogen-bond acceptors (Lipinski definition) is 3. The van der Waals surface area contributed by atoms with E-state index in [-0.39, 0.29) is 0 Å². The van der Waals surface area contributed by atoms with Crippen LogP contribution in [-0.4, -0.2) is 42.4 Å². The van der Waals surface area contributed by atoms with E-state index in [0.29, 0.717) is 11.3 Å². The maximum atomic E-state index is 10.4. The number of likely N-dealkylation sites (N-methyl/N-ethyl adjacent to an activating group) is 1. The molecular weight excluding hydrogens is 256 g/mol. The van der Waals surface area contributed by atoms with E-state index in [9.17, 15) is 9.59 Å². The molecule has 0 aromatic heterocycles. The van der Waals surface area contributed by atoms with Gasteiger partial charge in [0.1, 0.15) is 5.70 Å². The highest BCUT2D eigenvalue weighted by molar-refractivity contribution is 6.15. The number of allylic oxidation sites excluding steroid dienone is 1. The summed E-state index contributed by atoms with van der Waals surface area (Å²) >= 11 is 4.64. The number of carboxylic acid groups (broad SMARTS) is 1. The van der Waals surface area contributed by atoms with Crippen LogP contribution in [0, 0.1) is 0 Å². The first kappa shape index (κ1) is 21.8. The van der Waals surface area contributed by atoms with Crippen molar-refractivity contribution >= 4 is 23.5 Å². The minimum atomic E-state index is -0.869. The molecule has 0 radical (unpaired) electrons. The largest absolute Gasteiger partial charge is 0.477 e. The van der Waals surface area contributed by atoms with Crippen molar-refractivity contribution in [2.24, 2.45) is 5.73 Å². The third-order valence-electron chi connectivity index (χ3n) is 1.52. The zero-order valence-corrected chi connectivity index (χ0v) is 12.4. The van der Waals surface area contributed by atoms with Crippen molar-refractivity contribution in [1.82, 2.24) is 4.90 Å². The molecule has 0 spiro atoms. The third kappa shape index (κ3) is 14.5. The van der Waals surface area contributed by atoms with Gasteiger partial charge in [0.2, 0.25) is 5.91 Å². The summed E-state index contributed by atoms with van der Waals surface area (Å²) in [6, 6.07) is 0. The Morgan fingerprint density at radius 3 is 1.78 bits per heavy atom. The fourth-order valence-corrected chi connectivity index (χ4v) is 0.655. The van der Waals surface area contributed by atoms with E-state index >= 15 is 0 Å². The minimum Gasteiger partial charge on any atom is -0.477 e. The van der Waals surface area contributed by atoms with E-state index in [0.717, 1.165) is 6.42 Å². The summed E-state index contributed by atoms with van der Waals surface area (Å²) in [5.41, 5.74) is 5.44. The van der Waals surface area contributed by atoms with Crippen LogP contribution in [0.5, 0.6) is 0 Å². The number of amides is 1. The van der Waals surface area contributed by atoms with Crippen LogP contribution in [0.2, 0.25) is 0 Å². The second-order valence-corrected chi connectivity index (χ2v) is 3.34. The monoisotopic (exact) mass is 278 g/mol. The second kappa shape index (κ2) is 13.6. The van der Waals surface area contributed by atoms with Crippen LogP contribution in [0.1, 0.15) is 20.3 Å². The number of carbonyl (C=O) groups is 2. The number of carboxylic acids is 1. The number of primary amides is 1. The van der Waals surface area contributed by atoms with Gasteiger partial charge in [0.25, 0.3) is 0 Å². The van der Waals surface area contributed by atoms with Crippen LogP contribution < -0.4 is 5.73 Å². The zero-order chi connectivity index (χ0) is 15.3. The summed E-state index contributed by atoms with van der Waals surface area (Å²) in [6.45, 7) is 6.76. The second-order valence-electron chi connectivity index (χ2n) is 3.34. The molecule has 0 bridgehead atoms. The van der Waals surface area contributed by atoms with Crippen molar-refractivity contribution in [3.63, 3.8) is 0 Å². The van der Waals surface area contributed by atoms with Gasteiger partial charge in [-0.05, 0) is 13.3 Å². The van der Waals surface area contributed by atoms with Gasteiger partial charge in [0.05, 0.1) is 0 Å². The molecule has 0 saturated heterocycles. The van der Waals surface area contributed by atoms with Gasteiger partial charge in [0, 0.05) is 26.1 Å². The molecule has 5 nitrogen and oxygen atoms in total. The first-order valence-electron chi connectivity index (χ1n) is 5.17. The fraction of sp³-hybridized carbons (Fsp3) is 0.500. The number of alkyl halides is 1. The maximum absolute atomic E-state index is 10.4. The van der Waals surface area contributed by atoms with Crippen molar-refractivity contribution in [2.45, 2.75) is 20.3 Å². The molecule has 0 rings (SSSR count). The number of hydrogen-bond donors (Lipinski definition) is 2. The van der Waals surface area contributed by atoms with Crippen molar-refractivity contribution in [1.29, 1.82) is 0 Å². The Morgan fingerprint density at radius 1 is 1.39 bits per heavy atom. The first-order chi connectivity index (χ1) is 8.23. The third-order valence-corrected chi connectivity index (χ3v) is 1.52. The Hall–Kier alpha value is -1.49. The Labute approximate surface area is 114 Å². The van der Waals surface area contributed by atoms with Gasteiger partial charge in [-0.3, -0.25) is 4.79 Å². The molecule has 0 heterocycles. The fourth-order valence-electron chi connectivity index (χ4n) is 0.655. The highest BCUT2D eigenvalue weighted by Gasteiger charge is 2.06. The van der Waals surface area contributed by atoms with Crippen molar-refractivity contribution in [3.05, 3.63) is 23.9 Å². The van der Waals surface area contributed by atoms with E-state index < -0.39 is 11.9 Å². The smallest absolute Gasteiger partial charge is 0.351 e. The molecule has 0 aromatic carbocycles. The van der Waals surface area contributed by atoms with Crippen LogP contribution in [-0.2, 0) is 9.59 Å². The summed E-state index contributed by atoms with van der Waals surface area (Å²) in [4.78, 5) is 21.8. The molecule has 0 aliphatic rings. The molecular formula is C12H23ClN2O3. The zero-order valence-electron chi connectivity index (χ0n) is 11.7. The predicted molar refractivity (Wildman–Crippen MR) is 75.5 cm³/mol. The van der Waals surface area contributed by atoms with Crippen molar-refractivity contribution in [2.75, 3.05) is 20.5 Å². The Morgan fingerprint density at radius 2 is 1.72 bits per heavy atom. The van der Waals surface area contributed by atoms with E-state index in [1.807, 2.05) is 6.92 Å². The minimum absolute atomic E-state index is 0.350. The number of carbonyl (C=O) groups excluding carboxylic acids is 1. The van der Waals surface area contributed by atoms with E-state index in [2.05, 4.69) is 18.2 Å². The van der Waals surface area contributed by atoms with Crippen molar-refractivity contribution < 1.29 is 14.7 Å². The number of aliphatic carboxylic acids is 1. The topological polar surface area (TPSA) is 83.6 Å². The van der Waals surface area contributed by atoms with Crippen LogP contribution >= 0.6 is 11.6 Å². The lowest BCUT2D eigenvalue weighted by atomic mass is 10.3. The first-order valence-corrected chi connectivity index (χ1v) is 5.93. The lowest BCUT2D eigenvalue weighted by molar-refractivity contribution is -0.134. The maximum Gasteiger partial charge on any atom is 0.351 e. The van der Waals surface area contributed by atoms with E-state index in [1.165, 1.54) is 6.38 Å². The molecule has 6 heteroatoms. The summed E-state index contributed by atoms with van der Waals surface area (Å²) in [5, 5.41) is 8.56. The van der Waals surface area contributed by atoms with Gasteiger partial charge in [-0.1, -0.05) is 19.6 Å². The molecule has 0 unspecified atom stereocenters. The lowest BCUT2D eigenvalue weighted by Crippen LogP contribution is -2.18. The summed E-state index contributed by atoms with van der Waals surface area (Å²) in [5.74, 6) is -1.30. The average molecular weight is 279 g/mol. The molecule has 0 aliphatic carbocycles. The standard InChI is InChI=1S/C7H13NO2.C4H7NO.CH3Cl/c1-4-5-6(7(9)10)8(2)3;1-3(2)4(5)6;1-2/h5H,4H2,1-3H3,(H,9,10);1H2,2H3,(H2,5,6);1H3/b6-5+;;. The number of rotatable bonds is 4. The highest BCUT2D eigenvalue weighted by atomic mass is 35.5. The molecule has 0 aromatic rings. The molecule has 18 heavy (non-hydrogen) atoms. The van der Waals surface area contributed by atoms with Gasteiger partial charge in [0.15, 0.2) is 0 Å². The number of nitrogens with two attached hydrogens (primary N) is 1. The van der Waals surface area contributed by atoms with Crippen LogP contribution in [0.3, 0.4) is 0 Å². The number of nitrogens with zero attached hydrogens (tertiary/aromatic N) is 1. The SMILES string of the molecule is C=C(C)C(N)=O.CC/C=C(\C(=O)O)N(C)C.CCl. The molecule has 3 N–H and O–H groups in total. The lowest BCUT2D eigenvalue weighted by Gasteiger charge is -2.11. The normalized spacial score (nSPS) is 9.11. The van der Waals surface area contributed by atoms with Gasteiger partial charge in [-0.2, -0.15) is 0 Å². The molecule has 1 amide bonds. The highest BCUT2D eigenvalue weighted by Crippen LogP contribution is 1.99. The molecule has 0 fully saturated rings. The Bertz CT molecular complexity index is 288.